The number of hydrogen-bond donors (Lipinski definition) is 1. The van der Waals surface area contributed by atoms with Gasteiger partial charge in [-0.15, -0.1) is 5.92 Å². The molecule has 0 aromatic heterocycles. The second-order valence-corrected chi connectivity index (χ2v) is 3.37. The van der Waals surface area contributed by atoms with E-state index in [1.807, 2.05) is 14.0 Å². The molecule has 12 heavy (non-hydrogen) atoms. The summed E-state index contributed by atoms with van der Waals surface area (Å²) >= 11 is 0. The Hall–Kier alpha value is -0.520. The van der Waals surface area contributed by atoms with Gasteiger partial charge in [-0.05, 0) is 39.4 Å². The van der Waals surface area contributed by atoms with E-state index in [0.29, 0.717) is 0 Å². The lowest BCUT2D eigenvalue weighted by Gasteiger charge is -2.11. The second-order valence-electron chi connectivity index (χ2n) is 3.37. The third kappa shape index (κ3) is 2.84. The smallest absolute Gasteiger partial charge is 0.0601 e. The van der Waals surface area contributed by atoms with Crippen molar-refractivity contribution in [3.63, 3.8) is 0 Å². The minimum Gasteiger partial charge on any atom is -0.319 e. The lowest BCUT2D eigenvalue weighted by atomic mass is 10.1. The molecule has 0 amide bonds. The maximum absolute atomic E-state index is 3.22. The van der Waals surface area contributed by atoms with Crippen molar-refractivity contribution >= 4 is 0 Å². The third-order valence-electron chi connectivity index (χ3n) is 2.34. The Bertz CT molecular complexity index is 178. The van der Waals surface area contributed by atoms with Crippen LogP contribution in [-0.4, -0.2) is 38.1 Å². The number of hydrogen-bond acceptors (Lipinski definition) is 2. The average molecular weight is 166 g/mol. The van der Waals surface area contributed by atoms with Crippen molar-refractivity contribution in [3.05, 3.63) is 0 Å². The van der Waals surface area contributed by atoms with Gasteiger partial charge in [0.05, 0.1) is 6.54 Å². The molecule has 68 valence electrons. The van der Waals surface area contributed by atoms with E-state index in [9.17, 15) is 0 Å². The summed E-state index contributed by atoms with van der Waals surface area (Å²) < 4.78 is 0. The van der Waals surface area contributed by atoms with Crippen LogP contribution in [0.1, 0.15) is 13.3 Å². The van der Waals surface area contributed by atoms with Crippen LogP contribution in [0.15, 0.2) is 0 Å². The number of nitrogens with one attached hydrogen (secondary N) is 1. The van der Waals surface area contributed by atoms with Gasteiger partial charge in [0.2, 0.25) is 0 Å². The monoisotopic (exact) mass is 166 g/mol. The van der Waals surface area contributed by atoms with Crippen molar-refractivity contribution in [2.45, 2.75) is 13.3 Å². The van der Waals surface area contributed by atoms with Crippen LogP contribution in [0, 0.1) is 17.8 Å². The first-order valence-electron chi connectivity index (χ1n) is 4.63. The molecule has 1 aliphatic rings. The summed E-state index contributed by atoms with van der Waals surface area (Å²) in [5.41, 5.74) is 0. The van der Waals surface area contributed by atoms with Gasteiger partial charge in [0, 0.05) is 6.54 Å². The SMILES string of the molecule is CC#CCN1CCC(CNC)C1. The first kappa shape index (κ1) is 9.57. The number of nitrogens with zero attached hydrogens (tertiary/aromatic N) is 1. The fourth-order valence-corrected chi connectivity index (χ4v) is 1.70. The summed E-state index contributed by atoms with van der Waals surface area (Å²) in [6.45, 7) is 6.45. The number of rotatable bonds is 3. The van der Waals surface area contributed by atoms with Gasteiger partial charge in [-0.25, -0.2) is 0 Å². The molecular formula is C10H18N2. The highest BCUT2D eigenvalue weighted by atomic mass is 15.1. The Morgan fingerprint density at radius 3 is 3.08 bits per heavy atom. The normalized spacial score (nSPS) is 23.7. The van der Waals surface area contributed by atoms with E-state index in [0.717, 1.165) is 19.0 Å². The molecule has 0 aromatic rings. The first-order chi connectivity index (χ1) is 5.86. The Morgan fingerprint density at radius 1 is 1.58 bits per heavy atom. The van der Waals surface area contributed by atoms with Crippen LogP contribution in [0.2, 0.25) is 0 Å². The van der Waals surface area contributed by atoms with E-state index >= 15 is 0 Å². The quantitative estimate of drug-likeness (QED) is 0.616. The Labute approximate surface area is 75.3 Å². The van der Waals surface area contributed by atoms with Gasteiger partial charge in [0.15, 0.2) is 0 Å². The minimum absolute atomic E-state index is 0.841. The predicted octanol–water partition coefficient (Wildman–Crippen LogP) is 0.551. The zero-order chi connectivity index (χ0) is 8.81. The topological polar surface area (TPSA) is 15.3 Å². The lowest BCUT2D eigenvalue weighted by Crippen LogP contribution is -2.24. The van der Waals surface area contributed by atoms with Crippen LogP contribution in [0.3, 0.4) is 0 Å². The van der Waals surface area contributed by atoms with Crippen molar-refractivity contribution in [1.82, 2.24) is 10.2 Å². The highest BCUT2D eigenvalue weighted by Gasteiger charge is 2.20. The Morgan fingerprint density at radius 2 is 2.42 bits per heavy atom. The highest BCUT2D eigenvalue weighted by molar-refractivity contribution is 4.98. The molecule has 1 N–H and O–H groups in total. The summed E-state index contributed by atoms with van der Waals surface area (Å²) in [6.07, 6.45) is 1.33. The van der Waals surface area contributed by atoms with Crippen molar-refractivity contribution < 1.29 is 0 Å². The van der Waals surface area contributed by atoms with Gasteiger partial charge in [0.25, 0.3) is 0 Å². The zero-order valence-corrected chi connectivity index (χ0v) is 8.06. The van der Waals surface area contributed by atoms with Crippen LogP contribution >= 0.6 is 0 Å². The average Bonchev–Trinajstić information content (AvgIpc) is 2.50. The maximum Gasteiger partial charge on any atom is 0.0601 e. The molecule has 1 aliphatic heterocycles. The minimum atomic E-state index is 0.841. The maximum atomic E-state index is 3.22. The molecule has 1 unspecified atom stereocenters. The molecule has 0 radical (unpaired) electrons. The molecule has 1 saturated heterocycles. The molecule has 2 nitrogen and oxygen atoms in total. The molecule has 0 aromatic carbocycles. The van der Waals surface area contributed by atoms with E-state index in [-0.39, 0.29) is 0 Å². The molecule has 0 aliphatic carbocycles. The van der Waals surface area contributed by atoms with E-state index < -0.39 is 0 Å². The summed E-state index contributed by atoms with van der Waals surface area (Å²) in [5.74, 6) is 6.88. The highest BCUT2D eigenvalue weighted by Crippen LogP contribution is 2.13. The standard InChI is InChI=1S/C10H18N2/c1-3-4-6-12-7-5-10(9-12)8-11-2/h10-11H,5-9H2,1-2H3. The van der Waals surface area contributed by atoms with Crippen LogP contribution < -0.4 is 5.32 Å². The van der Waals surface area contributed by atoms with Gasteiger partial charge < -0.3 is 5.32 Å². The van der Waals surface area contributed by atoms with Crippen molar-refractivity contribution in [3.8, 4) is 11.8 Å². The van der Waals surface area contributed by atoms with Crippen LogP contribution in [-0.2, 0) is 0 Å². The largest absolute Gasteiger partial charge is 0.319 e. The fraction of sp³-hybridized carbons (Fsp3) is 0.800. The van der Waals surface area contributed by atoms with Gasteiger partial charge in [0.1, 0.15) is 0 Å². The molecule has 0 bridgehead atoms. The van der Waals surface area contributed by atoms with Gasteiger partial charge in [-0.1, -0.05) is 5.92 Å². The summed E-state index contributed by atoms with van der Waals surface area (Å²) in [6, 6.07) is 0. The molecule has 0 saturated carbocycles. The van der Waals surface area contributed by atoms with Gasteiger partial charge in [-0.3, -0.25) is 4.90 Å². The summed E-state index contributed by atoms with van der Waals surface area (Å²) in [5, 5.41) is 3.22. The number of likely N-dealkylation sites (tertiary alicyclic amines) is 1. The Kier molecular flexibility index (Phi) is 4.13. The summed E-state index contributed by atoms with van der Waals surface area (Å²) in [7, 11) is 2.02. The fourth-order valence-electron chi connectivity index (χ4n) is 1.70. The van der Waals surface area contributed by atoms with E-state index in [4.69, 9.17) is 0 Å². The van der Waals surface area contributed by atoms with Crippen LogP contribution in [0.25, 0.3) is 0 Å². The molecule has 1 atom stereocenters. The first-order valence-corrected chi connectivity index (χ1v) is 4.63. The molecule has 1 heterocycles. The van der Waals surface area contributed by atoms with Gasteiger partial charge >= 0.3 is 0 Å². The Balaban J connectivity index is 2.19. The van der Waals surface area contributed by atoms with E-state index in [1.54, 1.807) is 0 Å². The second kappa shape index (κ2) is 5.18. The van der Waals surface area contributed by atoms with Crippen LogP contribution in [0.4, 0.5) is 0 Å². The molecule has 0 spiro atoms. The summed E-state index contributed by atoms with van der Waals surface area (Å²) in [4.78, 5) is 2.43. The molecule has 1 fully saturated rings. The zero-order valence-electron chi connectivity index (χ0n) is 8.06. The van der Waals surface area contributed by atoms with Crippen molar-refractivity contribution in [2.75, 3.05) is 33.2 Å². The van der Waals surface area contributed by atoms with Gasteiger partial charge in [-0.2, -0.15) is 0 Å². The van der Waals surface area contributed by atoms with Crippen molar-refractivity contribution in [1.29, 1.82) is 0 Å². The van der Waals surface area contributed by atoms with Crippen LogP contribution in [0.5, 0.6) is 0 Å². The predicted molar refractivity (Wildman–Crippen MR) is 51.9 cm³/mol. The molecule has 2 heteroatoms. The van der Waals surface area contributed by atoms with Crippen molar-refractivity contribution in [2.24, 2.45) is 5.92 Å². The molecular weight excluding hydrogens is 148 g/mol. The third-order valence-corrected chi connectivity index (χ3v) is 2.34. The molecule has 1 rings (SSSR count). The van der Waals surface area contributed by atoms with E-state index in [2.05, 4.69) is 22.1 Å². The lowest BCUT2D eigenvalue weighted by molar-refractivity contribution is 0.362. The van der Waals surface area contributed by atoms with E-state index in [1.165, 1.54) is 19.5 Å².